The summed E-state index contributed by atoms with van der Waals surface area (Å²) in [6.45, 7) is 8.01. The van der Waals surface area contributed by atoms with Gasteiger partial charge in [-0.25, -0.2) is 0 Å². The maximum absolute atomic E-state index is 14.3. The molecule has 7 heteroatoms. The minimum atomic E-state index is -0.704. The summed E-state index contributed by atoms with van der Waals surface area (Å²) < 4.78 is 0. The van der Waals surface area contributed by atoms with Gasteiger partial charge in [0.1, 0.15) is 12.4 Å². The van der Waals surface area contributed by atoms with Crippen molar-refractivity contribution in [1.29, 1.82) is 0 Å². The molecule has 2 aromatic rings. The van der Waals surface area contributed by atoms with E-state index in [1.54, 1.807) is 6.07 Å². The van der Waals surface area contributed by atoms with E-state index in [0.29, 0.717) is 5.69 Å². The molecule has 4 N–H and O–H groups in total. The van der Waals surface area contributed by atoms with Crippen molar-refractivity contribution < 1.29 is 24.6 Å². The number of carbonyl (C=O) groups excluding carboxylic acids is 3. The number of anilines is 1. The Hall–Kier alpha value is -3.19. The molecule has 4 aliphatic carbocycles. The van der Waals surface area contributed by atoms with Crippen molar-refractivity contribution >= 4 is 23.4 Å². The average Bonchev–Trinajstić information content (AvgIpc) is 2.97. The van der Waals surface area contributed by atoms with Gasteiger partial charge in [0.15, 0.2) is 0 Å². The second-order valence-corrected chi connectivity index (χ2v) is 14.8. The number of phenolic OH excluding ortho intramolecular Hbond substituents is 1. The fraction of sp³-hybridized carbons (Fsp3) is 0.583. The molecule has 0 radical (unpaired) electrons. The van der Waals surface area contributed by atoms with Crippen LogP contribution in [0, 0.1) is 22.7 Å². The Labute approximate surface area is 254 Å². The first-order valence-electron chi connectivity index (χ1n) is 16.1. The van der Waals surface area contributed by atoms with Gasteiger partial charge in [0.2, 0.25) is 17.7 Å². The second-order valence-electron chi connectivity index (χ2n) is 14.8. The van der Waals surface area contributed by atoms with Crippen molar-refractivity contribution in [2.45, 2.75) is 103 Å². The molecule has 230 valence electrons. The molecular weight excluding hydrogens is 540 g/mol. The lowest BCUT2D eigenvalue weighted by atomic mass is 9.49. The number of benzene rings is 2. The Kier molecular flexibility index (Phi) is 7.27. The minimum absolute atomic E-state index is 0.0480. The van der Waals surface area contributed by atoms with Gasteiger partial charge in [-0.3, -0.25) is 19.7 Å². The number of hydrogen-bond acceptors (Lipinski definition) is 5. The first-order chi connectivity index (χ1) is 20.3. The number of carbonyl (C=O) groups is 3. The Morgan fingerprint density at radius 3 is 1.81 bits per heavy atom. The molecule has 0 spiro atoms. The molecule has 43 heavy (non-hydrogen) atoms. The maximum atomic E-state index is 14.3. The SMILES string of the molecule is CC1(C(=O)NC(=O)[C@@]2(C)CCC[C@]3(C)c4cc(NC(=O)CO)ccc4CC[C@@H]23)CCCC2(C)c3cc(O)ccc3CCC12. The summed E-state index contributed by atoms with van der Waals surface area (Å²) in [6.07, 6.45) is 8.59. The number of nitrogens with one attached hydrogen (secondary N) is 2. The largest absolute Gasteiger partial charge is 0.508 e. The van der Waals surface area contributed by atoms with E-state index in [9.17, 15) is 24.6 Å². The summed E-state index contributed by atoms with van der Waals surface area (Å²) in [7, 11) is 0. The van der Waals surface area contributed by atoms with E-state index >= 15 is 0 Å². The highest BCUT2D eigenvalue weighted by Crippen LogP contribution is 2.59. The number of amides is 3. The highest BCUT2D eigenvalue weighted by Gasteiger charge is 2.58. The van der Waals surface area contributed by atoms with Crippen LogP contribution in [-0.2, 0) is 38.1 Å². The molecule has 6 atom stereocenters. The third-order valence-corrected chi connectivity index (χ3v) is 12.4. The quantitative estimate of drug-likeness (QED) is 0.344. The smallest absolute Gasteiger partial charge is 0.250 e. The van der Waals surface area contributed by atoms with Crippen molar-refractivity contribution in [2.75, 3.05) is 11.9 Å². The van der Waals surface area contributed by atoms with Crippen molar-refractivity contribution in [1.82, 2.24) is 5.32 Å². The lowest BCUT2D eigenvalue weighted by Gasteiger charge is -2.56. The lowest BCUT2D eigenvalue weighted by Crippen LogP contribution is -2.60. The van der Waals surface area contributed by atoms with E-state index in [4.69, 9.17) is 0 Å². The first-order valence-corrected chi connectivity index (χ1v) is 16.1. The van der Waals surface area contributed by atoms with E-state index in [1.807, 2.05) is 31.2 Å². The number of hydrogen-bond donors (Lipinski definition) is 4. The Bertz CT molecular complexity index is 1490. The van der Waals surface area contributed by atoms with Crippen LogP contribution in [0.1, 0.15) is 101 Å². The fourth-order valence-corrected chi connectivity index (χ4v) is 10.1. The molecule has 0 bridgehead atoms. The molecular formula is C36H46N2O5. The Morgan fingerprint density at radius 1 is 0.767 bits per heavy atom. The van der Waals surface area contributed by atoms with Gasteiger partial charge in [0.25, 0.3) is 0 Å². The van der Waals surface area contributed by atoms with Crippen molar-refractivity contribution in [3.05, 3.63) is 58.7 Å². The highest BCUT2D eigenvalue weighted by atomic mass is 16.3. The molecule has 0 saturated heterocycles. The molecule has 2 aromatic carbocycles. The number of aliphatic hydroxyl groups is 1. The monoisotopic (exact) mass is 586 g/mol. The van der Waals surface area contributed by atoms with Gasteiger partial charge in [-0.1, -0.05) is 52.7 Å². The van der Waals surface area contributed by atoms with Crippen LogP contribution in [0.2, 0.25) is 0 Å². The van der Waals surface area contributed by atoms with Crippen LogP contribution in [0.15, 0.2) is 36.4 Å². The Morgan fingerprint density at radius 2 is 1.28 bits per heavy atom. The Balaban J connectivity index is 1.26. The molecule has 6 rings (SSSR count). The minimum Gasteiger partial charge on any atom is -0.508 e. The normalized spacial score (nSPS) is 34.5. The lowest BCUT2D eigenvalue weighted by molar-refractivity contribution is -0.150. The van der Waals surface area contributed by atoms with E-state index in [0.717, 1.165) is 75.3 Å². The number of phenols is 1. The number of fused-ring (bicyclic) bond motifs is 6. The third-order valence-electron chi connectivity index (χ3n) is 12.4. The van der Waals surface area contributed by atoms with Crippen LogP contribution in [0.4, 0.5) is 5.69 Å². The summed E-state index contributed by atoms with van der Waals surface area (Å²) >= 11 is 0. The van der Waals surface area contributed by atoms with Gasteiger partial charge in [-0.05, 0) is 121 Å². The highest BCUT2D eigenvalue weighted by molar-refractivity contribution is 6.01. The van der Waals surface area contributed by atoms with Crippen LogP contribution in [0.3, 0.4) is 0 Å². The predicted molar refractivity (Wildman–Crippen MR) is 166 cm³/mol. The molecule has 3 unspecified atom stereocenters. The first kappa shape index (κ1) is 29.9. The van der Waals surface area contributed by atoms with Crippen molar-refractivity contribution in [2.24, 2.45) is 22.7 Å². The molecule has 2 fully saturated rings. The van der Waals surface area contributed by atoms with Gasteiger partial charge < -0.3 is 15.5 Å². The predicted octanol–water partition coefficient (Wildman–Crippen LogP) is 5.69. The van der Waals surface area contributed by atoms with Gasteiger partial charge in [-0.15, -0.1) is 0 Å². The summed E-state index contributed by atoms with van der Waals surface area (Å²) in [6, 6.07) is 11.6. The van der Waals surface area contributed by atoms with E-state index in [1.165, 1.54) is 11.1 Å². The van der Waals surface area contributed by atoms with Crippen LogP contribution < -0.4 is 10.6 Å². The van der Waals surface area contributed by atoms with E-state index in [-0.39, 0.29) is 40.2 Å². The van der Waals surface area contributed by atoms with Crippen LogP contribution in [0.5, 0.6) is 5.75 Å². The van der Waals surface area contributed by atoms with Gasteiger partial charge >= 0.3 is 0 Å². The average molecular weight is 587 g/mol. The van der Waals surface area contributed by atoms with Gasteiger partial charge in [0, 0.05) is 5.69 Å². The van der Waals surface area contributed by atoms with Crippen LogP contribution in [0.25, 0.3) is 0 Å². The van der Waals surface area contributed by atoms with Crippen LogP contribution >= 0.6 is 0 Å². The van der Waals surface area contributed by atoms with Gasteiger partial charge in [0.05, 0.1) is 10.8 Å². The maximum Gasteiger partial charge on any atom is 0.250 e. The van der Waals surface area contributed by atoms with Gasteiger partial charge in [-0.2, -0.15) is 0 Å². The molecule has 0 aliphatic heterocycles. The zero-order valence-corrected chi connectivity index (χ0v) is 26.0. The number of rotatable bonds is 4. The van der Waals surface area contributed by atoms with Crippen molar-refractivity contribution in [3.8, 4) is 5.75 Å². The number of imide groups is 1. The van der Waals surface area contributed by atoms with E-state index in [2.05, 4.69) is 37.5 Å². The van der Waals surface area contributed by atoms with Crippen LogP contribution in [-0.4, -0.2) is 34.5 Å². The summed E-state index contributed by atoms with van der Waals surface area (Å²) in [5, 5.41) is 25.3. The zero-order valence-electron chi connectivity index (χ0n) is 26.0. The number of aliphatic hydroxyl groups excluding tert-OH is 1. The summed E-state index contributed by atoms with van der Waals surface area (Å²) in [5.74, 6) is -0.381. The summed E-state index contributed by atoms with van der Waals surface area (Å²) in [5.41, 5.74) is 3.56. The molecule has 4 aliphatic rings. The topological polar surface area (TPSA) is 116 Å². The molecule has 0 heterocycles. The summed E-state index contributed by atoms with van der Waals surface area (Å²) in [4.78, 5) is 40.5. The fourth-order valence-electron chi connectivity index (χ4n) is 10.1. The molecule has 2 saturated carbocycles. The zero-order chi connectivity index (χ0) is 30.8. The molecule has 7 nitrogen and oxygen atoms in total. The molecule has 0 aromatic heterocycles. The number of aromatic hydroxyl groups is 1. The third kappa shape index (κ3) is 4.61. The van der Waals surface area contributed by atoms with Crippen molar-refractivity contribution in [3.63, 3.8) is 0 Å². The molecule has 3 amide bonds. The standard InChI is InChI=1S/C36H46N2O5/c1-33-15-5-17-35(3,28(33)13-9-22-7-11-24(19-26(22)33)37-30(41)21-39)31(42)38-32(43)36(4)18-6-16-34(2)27-20-25(40)12-8-23(27)10-14-29(34)36/h7-8,11-12,19-20,28-29,39-40H,5-6,9-10,13-18,21H2,1-4H3,(H,37,41)(H,38,42,43)/t28-,29?,33-,34?,35+,36?/m1/s1. The number of aryl methyl sites for hydroxylation is 2. The van der Waals surface area contributed by atoms with E-state index < -0.39 is 23.3 Å². The second kappa shape index (κ2) is 10.5.